The van der Waals surface area contributed by atoms with Gasteiger partial charge >= 0.3 is 0 Å². The minimum Gasteiger partial charge on any atom is -0.266 e. The Morgan fingerprint density at radius 3 is 2.75 bits per heavy atom. The fraction of sp³-hybridized carbons (Fsp3) is 0. The van der Waals surface area contributed by atoms with Crippen LogP contribution in [-0.4, -0.2) is 20.0 Å². The van der Waals surface area contributed by atoms with Crippen molar-refractivity contribution in [3.05, 3.63) is 59.0 Å². The molecule has 0 aliphatic rings. The van der Waals surface area contributed by atoms with Crippen molar-refractivity contribution < 1.29 is 0 Å². The summed E-state index contributed by atoms with van der Waals surface area (Å²) in [6.45, 7) is 0. The number of aromatic nitrogens is 4. The van der Waals surface area contributed by atoms with E-state index in [0.717, 1.165) is 10.2 Å². The minimum atomic E-state index is -0.163. The Labute approximate surface area is 117 Å². The molecule has 4 rings (SSSR count). The van der Waals surface area contributed by atoms with Crippen LogP contribution in [0.25, 0.3) is 26.1 Å². The Bertz CT molecular complexity index is 975. The first-order chi connectivity index (χ1) is 9.84. The highest BCUT2D eigenvalue weighted by Crippen LogP contribution is 2.27. The molecule has 0 aliphatic heterocycles. The van der Waals surface area contributed by atoms with Crippen molar-refractivity contribution >= 4 is 31.8 Å². The molecule has 0 amide bonds. The smallest absolute Gasteiger partial charge is 0.266 e. The van der Waals surface area contributed by atoms with Crippen LogP contribution >= 0.6 is 11.3 Å². The zero-order valence-electron chi connectivity index (χ0n) is 10.2. The van der Waals surface area contributed by atoms with Crippen molar-refractivity contribution in [3.8, 4) is 5.69 Å². The quantitative estimate of drug-likeness (QED) is 0.537. The minimum absolute atomic E-state index is 0.163. The molecule has 0 saturated heterocycles. The Balaban J connectivity index is 2.10. The summed E-state index contributed by atoms with van der Waals surface area (Å²) in [6, 6.07) is 13.0. The van der Waals surface area contributed by atoms with E-state index in [1.165, 1.54) is 16.0 Å². The van der Waals surface area contributed by atoms with Gasteiger partial charge in [-0.15, -0.1) is 16.4 Å². The predicted molar refractivity (Wildman–Crippen MR) is 78.3 cm³/mol. The fourth-order valence-electron chi connectivity index (χ4n) is 2.13. The normalized spacial score (nSPS) is 11.2. The number of fused-ring (bicyclic) bond motifs is 3. The number of pyridine rings is 1. The molecule has 0 bridgehead atoms. The van der Waals surface area contributed by atoms with Gasteiger partial charge in [0.15, 0.2) is 0 Å². The van der Waals surface area contributed by atoms with E-state index in [1.807, 2.05) is 42.5 Å². The number of hydrogen-bond acceptors (Lipinski definition) is 5. The second-order valence-electron chi connectivity index (χ2n) is 4.28. The van der Waals surface area contributed by atoms with Gasteiger partial charge in [-0.1, -0.05) is 23.4 Å². The zero-order valence-corrected chi connectivity index (χ0v) is 11.0. The van der Waals surface area contributed by atoms with Crippen molar-refractivity contribution in [2.75, 3.05) is 0 Å². The topological polar surface area (TPSA) is 60.7 Å². The fourth-order valence-corrected chi connectivity index (χ4v) is 3.13. The largest absolute Gasteiger partial charge is 0.292 e. The number of thiophene rings is 1. The Kier molecular flexibility index (Phi) is 2.37. The molecule has 3 heterocycles. The molecule has 6 heteroatoms. The van der Waals surface area contributed by atoms with E-state index < -0.39 is 0 Å². The molecule has 0 N–H and O–H groups in total. The van der Waals surface area contributed by atoms with Crippen LogP contribution in [0.15, 0.2) is 53.5 Å². The molecule has 0 fully saturated rings. The van der Waals surface area contributed by atoms with Crippen molar-refractivity contribution in [1.82, 2.24) is 20.0 Å². The lowest BCUT2D eigenvalue weighted by Crippen LogP contribution is -2.21. The summed E-state index contributed by atoms with van der Waals surface area (Å²) >= 11 is 1.35. The van der Waals surface area contributed by atoms with Crippen LogP contribution in [0, 0.1) is 0 Å². The molecule has 4 aromatic rings. The van der Waals surface area contributed by atoms with Gasteiger partial charge in [0, 0.05) is 11.6 Å². The summed E-state index contributed by atoms with van der Waals surface area (Å²) in [7, 11) is 0. The van der Waals surface area contributed by atoms with E-state index in [9.17, 15) is 4.79 Å². The van der Waals surface area contributed by atoms with E-state index in [0.29, 0.717) is 15.9 Å². The average molecular weight is 280 g/mol. The summed E-state index contributed by atoms with van der Waals surface area (Å²) in [5.74, 6) is 0. The van der Waals surface area contributed by atoms with Crippen LogP contribution in [0.2, 0.25) is 0 Å². The summed E-state index contributed by atoms with van der Waals surface area (Å²) in [5.41, 5.74) is 1.16. The van der Waals surface area contributed by atoms with E-state index in [4.69, 9.17) is 0 Å². The third-order valence-electron chi connectivity index (χ3n) is 3.06. The highest BCUT2D eigenvalue weighted by Gasteiger charge is 2.13. The van der Waals surface area contributed by atoms with Gasteiger partial charge in [0.1, 0.15) is 15.0 Å². The van der Waals surface area contributed by atoms with Gasteiger partial charge in [-0.3, -0.25) is 4.79 Å². The summed E-state index contributed by atoms with van der Waals surface area (Å²) in [5, 5.41) is 9.09. The highest BCUT2D eigenvalue weighted by atomic mass is 32.1. The van der Waals surface area contributed by atoms with Crippen molar-refractivity contribution in [3.63, 3.8) is 0 Å². The van der Waals surface area contributed by atoms with Gasteiger partial charge in [-0.25, -0.2) is 4.98 Å². The molecule has 0 spiro atoms. The van der Waals surface area contributed by atoms with Crippen LogP contribution in [-0.2, 0) is 0 Å². The molecular weight excluding hydrogens is 272 g/mol. The molecule has 0 aliphatic carbocycles. The van der Waals surface area contributed by atoms with Crippen molar-refractivity contribution in [2.45, 2.75) is 0 Å². The van der Waals surface area contributed by atoms with Gasteiger partial charge in [-0.2, -0.15) is 4.68 Å². The number of benzene rings is 1. The first-order valence-electron chi connectivity index (χ1n) is 6.03. The third-order valence-corrected chi connectivity index (χ3v) is 4.15. The molecule has 0 unspecified atom stereocenters. The van der Waals surface area contributed by atoms with Gasteiger partial charge in [0.2, 0.25) is 0 Å². The van der Waals surface area contributed by atoms with Gasteiger partial charge < -0.3 is 0 Å². The molecule has 0 radical (unpaired) electrons. The molecule has 5 nitrogen and oxygen atoms in total. The lowest BCUT2D eigenvalue weighted by atomic mass is 10.3. The first kappa shape index (κ1) is 11.2. The second-order valence-corrected chi connectivity index (χ2v) is 5.28. The number of para-hydroxylation sites is 1. The van der Waals surface area contributed by atoms with Gasteiger partial charge in [0.05, 0.1) is 5.69 Å². The molecular formula is C14H8N4OS. The summed E-state index contributed by atoms with van der Waals surface area (Å²) in [4.78, 5) is 17.6. The highest BCUT2D eigenvalue weighted by molar-refractivity contribution is 7.25. The number of rotatable bonds is 1. The average Bonchev–Trinajstić information content (AvgIpc) is 2.88. The van der Waals surface area contributed by atoms with Gasteiger partial charge in [0.25, 0.3) is 5.56 Å². The van der Waals surface area contributed by atoms with E-state index >= 15 is 0 Å². The summed E-state index contributed by atoms with van der Waals surface area (Å²) < 4.78 is 1.90. The second kappa shape index (κ2) is 4.21. The Morgan fingerprint density at radius 2 is 1.90 bits per heavy atom. The molecule has 96 valence electrons. The Morgan fingerprint density at radius 1 is 1.05 bits per heavy atom. The van der Waals surface area contributed by atoms with Crippen molar-refractivity contribution in [2.24, 2.45) is 0 Å². The lowest BCUT2D eigenvalue weighted by Gasteiger charge is -2.01. The van der Waals surface area contributed by atoms with Crippen LogP contribution < -0.4 is 5.56 Å². The van der Waals surface area contributed by atoms with E-state index in [2.05, 4.69) is 15.3 Å². The standard InChI is InChI=1S/C14H8N4OS/c19-14-12-11(10-7-4-8-15-13(10)20-12)16-17-18(14)9-5-2-1-3-6-9/h1-8H. The SMILES string of the molecule is O=c1c2sc3ncccc3c2nnn1-c1ccccc1. The van der Waals surface area contributed by atoms with E-state index in [-0.39, 0.29) is 5.56 Å². The van der Waals surface area contributed by atoms with Crippen LogP contribution in [0.1, 0.15) is 0 Å². The molecule has 0 saturated carbocycles. The first-order valence-corrected chi connectivity index (χ1v) is 6.85. The Hall–Kier alpha value is -2.60. The summed E-state index contributed by atoms with van der Waals surface area (Å²) in [6.07, 6.45) is 1.71. The maximum atomic E-state index is 12.5. The van der Waals surface area contributed by atoms with E-state index in [1.54, 1.807) is 6.20 Å². The van der Waals surface area contributed by atoms with Crippen LogP contribution in [0.3, 0.4) is 0 Å². The number of nitrogens with zero attached hydrogens (tertiary/aromatic N) is 4. The maximum absolute atomic E-state index is 12.5. The molecule has 20 heavy (non-hydrogen) atoms. The van der Waals surface area contributed by atoms with Crippen LogP contribution in [0.4, 0.5) is 0 Å². The zero-order chi connectivity index (χ0) is 13.5. The van der Waals surface area contributed by atoms with Crippen LogP contribution in [0.5, 0.6) is 0 Å². The maximum Gasteiger partial charge on any atom is 0.292 e. The monoisotopic (exact) mass is 280 g/mol. The predicted octanol–water partition coefficient (Wildman–Crippen LogP) is 2.39. The lowest BCUT2D eigenvalue weighted by molar-refractivity contribution is 0.740. The number of hydrogen-bond donors (Lipinski definition) is 0. The van der Waals surface area contributed by atoms with Gasteiger partial charge in [-0.05, 0) is 24.3 Å². The molecule has 3 aromatic heterocycles. The van der Waals surface area contributed by atoms with Crippen molar-refractivity contribution in [1.29, 1.82) is 0 Å². The molecule has 0 atom stereocenters. The molecule has 1 aromatic carbocycles. The third kappa shape index (κ3) is 1.55.